The fourth-order valence-corrected chi connectivity index (χ4v) is 12.5. The first-order valence-corrected chi connectivity index (χ1v) is 28.5. The number of aliphatic carboxylic acids is 1. The summed E-state index contributed by atoms with van der Waals surface area (Å²) in [5.41, 5.74) is -7.02. The maximum Gasteiger partial charge on any atom is 0.338 e. The molecule has 3 fully saturated rings. The number of fused-ring (bicyclic) bond motifs is 5. The van der Waals surface area contributed by atoms with E-state index >= 15 is 4.79 Å². The number of ether oxygens (including phenoxy) is 5. The van der Waals surface area contributed by atoms with E-state index in [4.69, 9.17) is 28.8 Å². The quantitative estimate of drug-likeness (QED) is 0.0242. The first kappa shape index (κ1) is 62.9. The van der Waals surface area contributed by atoms with Crippen LogP contribution in [-0.4, -0.2) is 116 Å². The predicted molar refractivity (Wildman–Crippen MR) is 296 cm³/mol. The molecule has 2 saturated carbocycles. The number of carboxylic acids is 1. The van der Waals surface area contributed by atoms with Gasteiger partial charge < -0.3 is 49.4 Å². The van der Waals surface area contributed by atoms with Gasteiger partial charge in [-0.2, -0.15) is 0 Å². The summed E-state index contributed by atoms with van der Waals surface area (Å²) in [6, 6.07) is 22.9. The van der Waals surface area contributed by atoms with E-state index in [2.05, 4.69) is 12.2 Å². The van der Waals surface area contributed by atoms with E-state index in [1.807, 2.05) is 0 Å². The van der Waals surface area contributed by atoms with Crippen LogP contribution >= 0.6 is 0 Å². The molecular formula is C63H83NO16. The molecule has 0 unspecified atom stereocenters. The SMILES string of the molecule is CC(=O)O[C@H]1C(=O)[C@@]2(C)[C@H]([C@H](OC(=O)c3ccccc3)[C@]3(O)C[C@H](OC(=O)[C@H](O)[C@@H](NC(=O)c4ccccc4)c4ccccc4)C(C)=C1C3(C)C)[C@]1(OC(C)=O)CO[C@@H]1C[C@@H]2O.CCCCCCCCCCCCCCCC(=O)O. The highest BCUT2D eigenvalue weighted by atomic mass is 16.6. The van der Waals surface area contributed by atoms with Crippen LogP contribution in [0.1, 0.15) is 184 Å². The van der Waals surface area contributed by atoms with Crippen molar-refractivity contribution in [2.45, 2.75) is 205 Å². The third-order valence-corrected chi connectivity index (χ3v) is 17.0. The molecular weight excluding hydrogens is 1030 g/mol. The minimum absolute atomic E-state index is 0.00289. The lowest BCUT2D eigenvalue weighted by atomic mass is 9.44. The number of benzene rings is 3. The number of carbonyl (C=O) groups is 7. The number of aliphatic hydroxyl groups excluding tert-OH is 2. The van der Waals surface area contributed by atoms with Crippen molar-refractivity contribution in [1.29, 1.82) is 0 Å². The summed E-state index contributed by atoms with van der Waals surface area (Å²) in [4.78, 5) is 93.8. The van der Waals surface area contributed by atoms with Gasteiger partial charge in [0.15, 0.2) is 23.6 Å². The summed E-state index contributed by atoms with van der Waals surface area (Å²) in [5.74, 6) is -7.50. The van der Waals surface area contributed by atoms with E-state index in [1.54, 1.807) is 92.7 Å². The van der Waals surface area contributed by atoms with Crippen LogP contribution in [0.4, 0.5) is 0 Å². The Morgan fingerprint density at radius 3 is 1.75 bits per heavy atom. The number of esters is 4. The Morgan fingerprint density at radius 2 is 1.25 bits per heavy atom. The fraction of sp³-hybridized carbons (Fsp3) is 0.571. The Kier molecular flexibility index (Phi) is 22.0. The molecule has 17 heteroatoms. The van der Waals surface area contributed by atoms with Crippen LogP contribution in [0.15, 0.2) is 102 Å². The van der Waals surface area contributed by atoms with Gasteiger partial charge in [0.2, 0.25) is 0 Å². The van der Waals surface area contributed by atoms with E-state index in [0.29, 0.717) is 12.0 Å². The zero-order chi connectivity index (χ0) is 58.4. The van der Waals surface area contributed by atoms with Gasteiger partial charge >= 0.3 is 29.8 Å². The minimum Gasteiger partial charge on any atom is -0.481 e. The minimum atomic E-state index is -2.39. The third kappa shape index (κ3) is 14.1. The molecule has 2 bridgehead atoms. The van der Waals surface area contributed by atoms with Crippen molar-refractivity contribution < 1.29 is 77.7 Å². The van der Waals surface area contributed by atoms with Crippen LogP contribution in [0.25, 0.3) is 0 Å². The van der Waals surface area contributed by atoms with Gasteiger partial charge in [0, 0.05) is 44.1 Å². The highest BCUT2D eigenvalue weighted by Gasteiger charge is 2.78. The number of hydrogen-bond donors (Lipinski definition) is 5. The number of rotatable bonds is 24. The van der Waals surface area contributed by atoms with E-state index in [9.17, 15) is 44.1 Å². The monoisotopic (exact) mass is 1110 g/mol. The normalized spacial score (nSPS) is 27.1. The van der Waals surface area contributed by atoms with Crippen molar-refractivity contribution in [3.05, 3.63) is 119 Å². The van der Waals surface area contributed by atoms with E-state index in [0.717, 1.165) is 26.7 Å². The third-order valence-electron chi connectivity index (χ3n) is 17.0. The lowest BCUT2D eigenvalue weighted by Crippen LogP contribution is -2.82. The molecule has 1 amide bonds. The first-order chi connectivity index (χ1) is 38.0. The van der Waals surface area contributed by atoms with Crippen molar-refractivity contribution in [3.8, 4) is 0 Å². The zero-order valence-electron chi connectivity index (χ0n) is 47.5. The molecule has 5 N–H and O–H groups in total. The lowest BCUT2D eigenvalue weighted by Gasteiger charge is -2.67. The molecule has 3 aliphatic carbocycles. The molecule has 1 heterocycles. The van der Waals surface area contributed by atoms with E-state index < -0.39 is 119 Å². The molecule has 0 spiro atoms. The predicted octanol–water partition coefficient (Wildman–Crippen LogP) is 9.29. The van der Waals surface area contributed by atoms with Gasteiger partial charge in [-0.3, -0.25) is 24.0 Å². The Hall–Kier alpha value is -6.27. The molecule has 17 nitrogen and oxygen atoms in total. The number of carbonyl (C=O) groups excluding carboxylic acids is 6. The van der Waals surface area contributed by atoms with Crippen LogP contribution in [0.2, 0.25) is 0 Å². The number of carboxylic acid groups (broad SMARTS) is 1. The van der Waals surface area contributed by atoms with E-state index in [1.165, 1.54) is 96.6 Å². The van der Waals surface area contributed by atoms with E-state index in [-0.39, 0.29) is 35.3 Å². The number of ketones is 1. The number of aliphatic hydroxyl groups is 3. The highest BCUT2D eigenvalue weighted by Crippen LogP contribution is 2.64. The summed E-state index contributed by atoms with van der Waals surface area (Å²) < 4.78 is 30.3. The van der Waals surface area contributed by atoms with Gasteiger partial charge in [-0.1, -0.05) is 165 Å². The van der Waals surface area contributed by atoms with Crippen LogP contribution in [-0.2, 0) is 47.7 Å². The number of amides is 1. The topological polar surface area (TPSA) is 259 Å². The van der Waals surface area contributed by atoms with Gasteiger partial charge in [0.25, 0.3) is 5.91 Å². The standard InChI is InChI=1S/C47H51NO14.C16H32O2/c1-25-31(60-43(56)36(52)35(28-16-10-7-11-17-28)48-41(54)29-18-12-8-13-19-29)23-47(57)40(61-42(55)30-20-14-9-15-21-30)38-45(6,32(51)22-33-46(38,24-58-33)62-27(3)50)39(53)37(59-26(2)49)34(25)44(47,4)5;1-2-3-4-5-6-7-8-9-10-11-12-13-14-15-16(17)18/h7-21,31-33,35-38,40,51-52,57H,22-24H2,1-6H3,(H,48,54);2-15H2,1H3,(H,17,18)/t31-,32-,33+,35-,36+,37+,38-,40-,45+,46-,47+;/m0./s1. The Labute approximate surface area is 470 Å². The maximum atomic E-state index is 15.5. The van der Waals surface area contributed by atoms with Crippen LogP contribution in [0.3, 0.4) is 0 Å². The first-order valence-electron chi connectivity index (χ1n) is 28.5. The van der Waals surface area contributed by atoms with Gasteiger partial charge in [-0.05, 0) is 61.2 Å². The molecule has 11 atom stereocenters. The summed E-state index contributed by atoms with van der Waals surface area (Å²) in [7, 11) is 0. The van der Waals surface area contributed by atoms with Crippen LogP contribution < -0.4 is 5.32 Å². The molecule has 4 aliphatic rings. The Bertz CT molecular complexity index is 2640. The number of unbranched alkanes of at least 4 members (excludes halogenated alkanes) is 12. The highest BCUT2D eigenvalue weighted by molar-refractivity contribution is 5.96. The summed E-state index contributed by atoms with van der Waals surface area (Å²) in [5, 5.41) is 48.7. The summed E-state index contributed by atoms with van der Waals surface area (Å²) in [6.07, 6.45) is 6.76. The van der Waals surface area contributed by atoms with Gasteiger partial charge in [0.05, 0.1) is 35.6 Å². The second kappa shape index (κ2) is 27.9. The smallest absolute Gasteiger partial charge is 0.338 e. The molecule has 0 aromatic heterocycles. The van der Waals surface area contributed by atoms with Gasteiger partial charge in [-0.15, -0.1) is 0 Å². The maximum absolute atomic E-state index is 15.5. The largest absolute Gasteiger partial charge is 0.481 e. The summed E-state index contributed by atoms with van der Waals surface area (Å²) in [6.45, 7) is 10.2. The molecule has 3 aromatic carbocycles. The average molecular weight is 1110 g/mol. The van der Waals surface area contributed by atoms with Crippen molar-refractivity contribution in [2.24, 2.45) is 16.7 Å². The number of Topliss-reactive ketones (excluding diaryl/α,β-unsaturated/α-hetero) is 1. The molecule has 3 aromatic rings. The number of hydrogen-bond acceptors (Lipinski definition) is 15. The molecule has 7 rings (SSSR count). The molecule has 1 aliphatic heterocycles. The number of nitrogens with one attached hydrogen (secondary N) is 1. The lowest BCUT2D eigenvalue weighted by molar-refractivity contribution is -0.346. The van der Waals surface area contributed by atoms with Crippen LogP contribution in [0.5, 0.6) is 0 Å². The molecule has 436 valence electrons. The summed E-state index contributed by atoms with van der Waals surface area (Å²) >= 11 is 0. The molecule has 80 heavy (non-hydrogen) atoms. The molecule has 1 saturated heterocycles. The van der Waals surface area contributed by atoms with Gasteiger partial charge in [-0.25, -0.2) is 9.59 Å². The van der Waals surface area contributed by atoms with Crippen molar-refractivity contribution in [2.75, 3.05) is 6.61 Å². The van der Waals surface area contributed by atoms with Crippen molar-refractivity contribution in [1.82, 2.24) is 5.32 Å². The van der Waals surface area contributed by atoms with Crippen LogP contribution in [0, 0.1) is 16.7 Å². The van der Waals surface area contributed by atoms with Crippen molar-refractivity contribution in [3.63, 3.8) is 0 Å². The average Bonchev–Trinajstić information content (AvgIpc) is 3.61. The van der Waals surface area contributed by atoms with Crippen molar-refractivity contribution >= 4 is 41.5 Å². The molecule has 0 radical (unpaired) electrons. The van der Waals surface area contributed by atoms with Gasteiger partial charge in [0.1, 0.15) is 23.9 Å². The Morgan fingerprint density at radius 1 is 0.725 bits per heavy atom. The zero-order valence-corrected chi connectivity index (χ0v) is 47.5. The Balaban J connectivity index is 0.000000492. The fourth-order valence-electron chi connectivity index (χ4n) is 12.5. The second-order valence-corrected chi connectivity index (χ2v) is 22.7. The second-order valence-electron chi connectivity index (χ2n) is 22.7.